The van der Waals surface area contributed by atoms with Crippen LogP contribution in [0.2, 0.25) is 5.02 Å². The average Bonchev–Trinajstić information content (AvgIpc) is 3.33. The molecule has 2 aromatic heterocycles. The number of halogens is 3. The number of carbonyl (C=O) groups excluding carboxylic acids is 1. The lowest BCUT2D eigenvalue weighted by atomic mass is 10.2. The number of rotatable bonds is 6. The van der Waals surface area contributed by atoms with Crippen LogP contribution >= 0.6 is 11.6 Å². The standard InChI is InChI=1S/C19H14ClF2N5O2/c20-12-6-2-1-5-11(12)9-23-18(28)19-25-15(26-29-19)10-27-14-8-4-3-7-13(14)24-17(27)16(21)22/h1-8,16H,9-10H2,(H,23,28). The fraction of sp³-hybridized carbons (Fsp3) is 0.158. The predicted molar refractivity (Wildman–Crippen MR) is 101 cm³/mol. The van der Waals surface area contributed by atoms with Gasteiger partial charge < -0.3 is 14.4 Å². The lowest BCUT2D eigenvalue weighted by molar-refractivity contribution is 0.0907. The summed E-state index contributed by atoms with van der Waals surface area (Å²) < 4.78 is 33.0. The number of amides is 1. The number of carbonyl (C=O) groups is 1. The van der Waals surface area contributed by atoms with Crippen molar-refractivity contribution in [2.24, 2.45) is 0 Å². The van der Waals surface area contributed by atoms with E-state index in [9.17, 15) is 13.6 Å². The SMILES string of the molecule is O=C(NCc1ccccc1Cl)c1nc(Cn2c(C(F)F)nc3ccccc32)no1. The van der Waals surface area contributed by atoms with Gasteiger partial charge in [0.1, 0.15) is 0 Å². The molecule has 10 heteroatoms. The molecule has 2 aromatic carbocycles. The van der Waals surface area contributed by atoms with Gasteiger partial charge >= 0.3 is 11.8 Å². The van der Waals surface area contributed by atoms with Crippen LogP contribution in [0.4, 0.5) is 8.78 Å². The van der Waals surface area contributed by atoms with Crippen molar-refractivity contribution in [1.29, 1.82) is 0 Å². The third kappa shape index (κ3) is 3.95. The maximum absolute atomic E-state index is 13.4. The highest BCUT2D eigenvalue weighted by Crippen LogP contribution is 2.24. The van der Waals surface area contributed by atoms with Crippen LogP contribution in [0.3, 0.4) is 0 Å². The van der Waals surface area contributed by atoms with Crippen molar-refractivity contribution in [2.75, 3.05) is 0 Å². The Morgan fingerprint density at radius 3 is 2.69 bits per heavy atom. The van der Waals surface area contributed by atoms with Gasteiger partial charge in [0.25, 0.3) is 6.43 Å². The molecule has 0 fully saturated rings. The quantitative estimate of drug-likeness (QED) is 0.512. The molecule has 2 heterocycles. The molecule has 7 nitrogen and oxygen atoms in total. The van der Waals surface area contributed by atoms with Gasteiger partial charge in [0, 0.05) is 11.6 Å². The van der Waals surface area contributed by atoms with Crippen molar-refractivity contribution in [2.45, 2.75) is 19.5 Å². The van der Waals surface area contributed by atoms with Crippen LogP contribution in [0.1, 0.15) is 34.3 Å². The van der Waals surface area contributed by atoms with Gasteiger partial charge in [-0.2, -0.15) is 4.98 Å². The molecular weight excluding hydrogens is 404 g/mol. The van der Waals surface area contributed by atoms with Crippen LogP contribution in [-0.4, -0.2) is 25.6 Å². The van der Waals surface area contributed by atoms with Crippen molar-refractivity contribution < 1.29 is 18.1 Å². The maximum atomic E-state index is 13.4. The van der Waals surface area contributed by atoms with E-state index < -0.39 is 18.2 Å². The van der Waals surface area contributed by atoms with E-state index in [4.69, 9.17) is 16.1 Å². The van der Waals surface area contributed by atoms with Gasteiger partial charge in [0.05, 0.1) is 17.6 Å². The molecule has 0 aliphatic carbocycles. The second-order valence-corrected chi connectivity index (χ2v) is 6.54. The van der Waals surface area contributed by atoms with E-state index in [0.717, 1.165) is 5.56 Å². The first kappa shape index (κ1) is 19.0. The van der Waals surface area contributed by atoms with Gasteiger partial charge in [-0.1, -0.05) is 47.1 Å². The Morgan fingerprint density at radius 2 is 1.90 bits per heavy atom. The minimum absolute atomic E-state index is 0.0814. The van der Waals surface area contributed by atoms with E-state index >= 15 is 0 Å². The van der Waals surface area contributed by atoms with Gasteiger partial charge in [0.2, 0.25) is 0 Å². The van der Waals surface area contributed by atoms with E-state index in [1.54, 1.807) is 48.5 Å². The van der Waals surface area contributed by atoms with Crippen LogP contribution in [0.15, 0.2) is 53.1 Å². The molecule has 0 aliphatic heterocycles. The van der Waals surface area contributed by atoms with Crippen molar-refractivity contribution in [3.8, 4) is 0 Å². The van der Waals surface area contributed by atoms with Gasteiger partial charge in [0.15, 0.2) is 11.6 Å². The third-order valence-electron chi connectivity index (χ3n) is 4.24. The summed E-state index contributed by atoms with van der Waals surface area (Å²) in [6, 6.07) is 13.8. The fourth-order valence-electron chi connectivity index (χ4n) is 2.87. The molecule has 0 spiro atoms. The van der Waals surface area contributed by atoms with E-state index in [0.29, 0.717) is 16.1 Å². The number of nitrogens with zero attached hydrogens (tertiary/aromatic N) is 4. The minimum Gasteiger partial charge on any atom is -0.344 e. The summed E-state index contributed by atoms with van der Waals surface area (Å²) in [6.07, 6.45) is -2.77. The number of para-hydroxylation sites is 2. The molecule has 0 atom stereocenters. The van der Waals surface area contributed by atoms with Crippen molar-refractivity contribution in [3.63, 3.8) is 0 Å². The zero-order valence-corrected chi connectivity index (χ0v) is 15.6. The van der Waals surface area contributed by atoms with Crippen molar-refractivity contribution in [3.05, 3.63) is 76.7 Å². The van der Waals surface area contributed by atoms with Gasteiger partial charge in [-0.25, -0.2) is 13.8 Å². The smallest absolute Gasteiger partial charge is 0.316 e. The highest BCUT2D eigenvalue weighted by atomic mass is 35.5. The Morgan fingerprint density at radius 1 is 1.14 bits per heavy atom. The second-order valence-electron chi connectivity index (χ2n) is 6.14. The molecule has 0 unspecified atom stereocenters. The van der Waals surface area contributed by atoms with E-state index in [2.05, 4.69) is 20.4 Å². The number of imidazole rings is 1. The van der Waals surface area contributed by atoms with Crippen LogP contribution in [-0.2, 0) is 13.1 Å². The zero-order valence-electron chi connectivity index (χ0n) is 14.8. The molecule has 0 saturated heterocycles. The lowest BCUT2D eigenvalue weighted by Crippen LogP contribution is -2.23. The van der Waals surface area contributed by atoms with Gasteiger partial charge in [-0.15, -0.1) is 0 Å². The number of benzene rings is 2. The monoisotopic (exact) mass is 417 g/mol. The largest absolute Gasteiger partial charge is 0.344 e. The normalized spacial score (nSPS) is 11.3. The fourth-order valence-corrected chi connectivity index (χ4v) is 3.07. The number of hydrogen-bond acceptors (Lipinski definition) is 5. The lowest BCUT2D eigenvalue weighted by Gasteiger charge is -2.05. The van der Waals surface area contributed by atoms with Crippen LogP contribution in [0, 0.1) is 0 Å². The molecule has 0 bridgehead atoms. The molecule has 0 aliphatic rings. The molecule has 0 saturated carbocycles. The first-order valence-electron chi connectivity index (χ1n) is 8.60. The van der Waals surface area contributed by atoms with Crippen LogP contribution in [0.5, 0.6) is 0 Å². The Balaban J connectivity index is 1.51. The Bertz CT molecular complexity index is 1170. The van der Waals surface area contributed by atoms with E-state index in [1.807, 2.05) is 0 Å². The first-order valence-corrected chi connectivity index (χ1v) is 8.98. The molecular formula is C19H14ClF2N5O2. The van der Waals surface area contributed by atoms with Crippen molar-refractivity contribution >= 4 is 28.5 Å². The highest BCUT2D eigenvalue weighted by Gasteiger charge is 2.21. The van der Waals surface area contributed by atoms with Gasteiger partial charge in [-0.3, -0.25) is 4.79 Å². The maximum Gasteiger partial charge on any atom is 0.316 e. The average molecular weight is 418 g/mol. The summed E-state index contributed by atoms with van der Waals surface area (Å²) in [5, 5.41) is 6.87. The minimum atomic E-state index is -2.77. The number of fused-ring (bicyclic) bond motifs is 1. The molecule has 0 radical (unpaired) electrons. The highest BCUT2D eigenvalue weighted by molar-refractivity contribution is 6.31. The number of nitrogens with one attached hydrogen (secondary N) is 1. The van der Waals surface area contributed by atoms with Gasteiger partial charge in [-0.05, 0) is 23.8 Å². The summed E-state index contributed by atoms with van der Waals surface area (Å²) in [5.74, 6) is -1.18. The molecule has 4 aromatic rings. The summed E-state index contributed by atoms with van der Waals surface area (Å²) in [4.78, 5) is 20.2. The second kappa shape index (κ2) is 7.96. The van der Waals surface area contributed by atoms with Crippen LogP contribution < -0.4 is 5.32 Å². The molecule has 1 N–H and O–H groups in total. The predicted octanol–water partition coefficient (Wildman–Crippen LogP) is 3.99. The Kier molecular flexibility index (Phi) is 5.22. The number of hydrogen-bond donors (Lipinski definition) is 1. The Labute approximate surface area is 168 Å². The van der Waals surface area contributed by atoms with E-state index in [-0.39, 0.29) is 24.8 Å². The topological polar surface area (TPSA) is 85.8 Å². The number of alkyl halides is 2. The Hall–Kier alpha value is -3.33. The summed E-state index contributed by atoms with van der Waals surface area (Å²) in [5.41, 5.74) is 1.68. The molecule has 1 amide bonds. The van der Waals surface area contributed by atoms with E-state index in [1.165, 1.54) is 4.57 Å². The van der Waals surface area contributed by atoms with Crippen molar-refractivity contribution in [1.82, 2.24) is 25.0 Å². The summed E-state index contributed by atoms with van der Waals surface area (Å²) >= 11 is 6.05. The van der Waals surface area contributed by atoms with Crippen LogP contribution in [0.25, 0.3) is 11.0 Å². The number of aromatic nitrogens is 4. The third-order valence-corrected chi connectivity index (χ3v) is 4.61. The molecule has 4 rings (SSSR count). The summed E-state index contributed by atoms with van der Waals surface area (Å²) in [6.45, 7) is 0.0688. The zero-order chi connectivity index (χ0) is 20.4. The first-order chi connectivity index (χ1) is 14.0. The molecule has 29 heavy (non-hydrogen) atoms. The summed E-state index contributed by atoms with van der Waals surface area (Å²) in [7, 11) is 0. The molecule has 148 valence electrons.